The molecule has 94 valence electrons. The van der Waals surface area contributed by atoms with Crippen molar-refractivity contribution in [3.05, 3.63) is 34.9 Å². The Labute approximate surface area is 104 Å². The number of benzene rings is 1. The molecule has 0 amide bonds. The fourth-order valence-corrected chi connectivity index (χ4v) is 2.64. The van der Waals surface area contributed by atoms with Gasteiger partial charge in [-0.25, -0.2) is 0 Å². The number of rotatable bonds is 4. The third-order valence-electron chi connectivity index (χ3n) is 3.85. The highest BCUT2D eigenvalue weighted by Crippen LogP contribution is 2.28. The van der Waals surface area contributed by atoms with Crippen molar-refractivity contribution < 1.29 is 4.74 Å². The highest BCUT2D eigenvalue weighted by molar-refractivity contribution is 5.29. The first kappa shape index (κ1) is 12.6. The Hall–Kier alpha value is -0.860. The van der Waals surface area contributed by atoms with Crippen LogP contribution in [0.5, 0.6) is 0 Å². The molecule has 0 aliphatic heterocycles. The summed E-state index contributed by atoms with van der Waals surface area (Å²) in [6.45, 7) is 5.76. The third kappa shape index (κ3) is 3.08. The molecule has 2 heteroatoms. The van der Waals surface area contributed by atoms with Crippen molar-refractivity contribution in [1.82, 2.24) is 0 Å². The molecule has 1 saturated carbocycles. The van der Waals surface area contributed by atoms with Crippen LogP contribution in [0.25, 0.3) is 0 Å². The molecular formula is C15H23NO. The predicted molar refractivity (Wildman–Crippen MR) is 70.9 cm³/mol. The predicted octanol–water partition coefficient (Wildman–Crippen LogP) is 2.95. The van der Waals surface area contributed by atoms with Crippen LogP contribution in [-0.4, -0.2) is 12.6 Å². The van der Waals surface area contributed by atoms with E-state index in [0.29, 0.717) is 12.0 Å². The zero-order valence-electron chi connectivity index (χ0n) is 10.9. The minimum Gasteiger partial charge on any atom is -0.373 e. The van der Waals surface area contributed by atoms with Crippen LogP contribution in [0.4, 0.5) is 0 Å². The zero-order valence-corrected chi connectivity index (χ0v) is 10.9. The molecule has 0 heterocycles. The Bertz CT molecular complexity index is 375. The lowest BCUT2D eigenvalue weighted by Crippen LogP contribution is -2.25. The molecule has 0 spiro atoms. The fraction of sp³-hybridized carbons (Fsp3) is 0.600. The van der Waals surface area contributed by atoms with Gasteiger partial charge in [0.2, 0.25) is 0 Å². The molecule has 0 radical (unpaired) electrons. The van der Waals surface area contributed by atoms with Crippen LogP contribution in [0.15, 0.2) is 18.2 Å². The Kier molecular flexibility index (Phi) is 4.19. The van der Waals surface area contributed by atoms with Crippen molar-refractivity contribution in [2.45, 2.75) is 45.8 Å². The van der Waals surface area contributed by atoms with Crippen molar-refractivity contribution in [3.8, 4) is 0 Å². The second-order valence-corrected chi connectivity index (χ2v) is 5.21. The Morgan fingerprint density at radius 3 is 2.88 bits per heavy atom. The van der Waals surface area contributed by atoms with Gasteiger partial charge in [-0.15, -0.1) is 0 Å². The summed E-state index contributed by atoms with van der Waals surface area (Å²) in [5, 5.41) is 0. The highest BCUT2D eigenvalue weighted by Gasteiger charge is 2.26. The van der Waals surface area contributed by atoms with E-state index in [0.717, 1.165) is 13.2 Å². The van der Waals surface area contributed by atoms with Crippen molar-refractivity contribution in [1.29, 1.82) is 0 Å². The van der Waals surface area contributed by atoms with E-state index >= 15 is 0 Å². The van der Waals surface area contributed by atoms with E-state index in [4.69, 9.17) is 10.5 Å². The van der Waals surface area contributed by atoms with Gasteiger partial charge in [-0.05, 0) is 50.3 Å². The van der Waals surface area contributed by atoms with Crippen molar-refractivity contribution in [3.63, 3.8) is 0 Å². The van der Waals surface area contributed by atoms with Gasteiger partial charge >= 0.3 is 0 Å². The van der Waals surface area contributed by atoms with Crippen LogP contribution in [0.3, 0.4) is 0 Å². The number of ether oxygens (including phenoxy) is 1. The van der Waals surface area contributed by atoms with Gasteiger partial charge in [0.1, 0.15) is 0 Å². The molecular weight excluding hydrogens is 210 g/mol. The molecule has 1 aliphatic carbocycles. The van der Waals surface area contributed by atoms with Gasteiger partial charge < -0.3 is 10.5 Å². The highest BCUT2D eigenvalue weighted by atomic mass is 16.5. The van der Waals surface area contributed by atoms with E-state index in [9.17, 15) is 0 Å². The summed E-state index contributed by atoms with van der Waals surface area (Å²) in [6, 6.07) is 6.54. The molecule has 2 rings (SSSR count). The van der Waals surface area contributed by atoms with E-state index < -0.39 is 0 Å². The molecule has 0 aromatic heterocycles. The topological polar surface area (TPSA) is 35.2 Å². The van der Waals surface area contributed by atoms with Crippen molar-refractivity contribution in [2.75, 3.05) is 6.54 Å². The molecule has 0 bridgehead atoms. The first-order valence-corrected chi connectivity index (χ1v) is 6.58. The van der Waals surface area contributed by atoms with Gasteiger partial charge in [0.25, 0.3) is 0 Å². The monoisotopic (exact) mass is 233 g/mol. The van der Waals surface area contributed by atoms with Crippen LogP contribution in [0, 0.1) is 19.8 Å². The van der Waals surface area contributed by atoms with Crippen LogP contribution in [0.2, 0.25) is 0 Å². The second-order valence-electron chi connectivity index (χ2n) is 5.21. The average Bonchev–Trinajstić information content (AvgIpc) is 2.77. The van der Waals surface area contributed by atoms with Crippen LogP contribution in [0.1, 0.15) is 36.0 Å². The maximum Gasteiger partial charge on any atom is 0.0723 e. The lowest BCUT2D eigenvalue weighted by molar-refractivity contribution is 0.0180. The van der Waals surface area contributed by atoms with Crippen LogP contribution in [-0.2, 0) is 11.3 Å². The summed E-state index contributed by atoms with van der Waals surface area (Å²) in [5.41, 5.74) is 9.70. The summed E-state index contributed by atoms with van der Waals surface area (Å²) in [4.78, 5) is 0. The average molecular weight is 233 g/mol. The first-order valence-electron chi connectivity index (χ1n) is 6.58. The fourth-order valence-electron chi connectivity index (χ4n) is 2.64. The summed E-state index contributed by atoms with van der Waals surface area (Å²) >= 11 is 0. The molecule has 2 N–H and O–H groups in total. The lowest BCUT2D eigenvalue weighted by atomic mass is 10.1. The number of hydrogen-bond donors (Lipinski definition) is 1. The summed E-state index contributed by atoms with van der Waals surface area (Å²) in [7, 11) is 0. The smallest absolute Gasteiger partial charge is 0.0723 e. The minimum absolute atomic E-state index is 0.375. The SMILES string of the molecule is Cc1ccc(C)c(COC2CCCC2CN)c1. The van der Waals surface area contributed by atoms with E-state index in [1.807, 2.05) is 0 Å². The lowest BCUT2D eigenvalue weighted by Gasteiger charge is -2.19. The number of hydrogen-bond acceptors (Lipinski definition) is 2. The Balaban J connectivity index is 1.95. The molecule has 2 atom stereocenters. The number of nitrogens with two attached hydrogens (primary N) is 1. The molecule has 2 unspecified atom stereocenters. The van der Waals surface area contributed by atoms with Crippen LogP contribution < -0.4 is 5.73 Å². The van der Waals surface area contributed by atoms with Gasteiger partial charge in [-0.2, -0.15) is 0 Å². The largest absolute Gasteiger partial charge is 0.373 e. The van der Waals surface area contributed by atoms with Gasteiger partial charge in [-0.3, -0.25) is 0 Å². The Morgan fingerprint density at radius 2 is 2.12 bits per heavy atom. The molecule has 0 saturated heterocycles. The van der Waals surface area contributed by atoms with E-state index in [1.165, 1.54) is 36.0 Å². The molecule has 2 nitrogen and oxygen atoms in total. The standard InChI is InChI=1S/C15H23NO/c1-11-6-7-12(2)14(8-11)10-17-15-5-3-4-13(15)9-16/h6-8,13,15H,3-5,9-10,16H2,1-2H3. The Morgan fingerprint density at radius 1 is 1.29 bits per heavy atom. The van der Waals surface area contributed by atoms with Crippen molar-refractivity contribution in [2.24, 2.45) is 11.7 Å². The van der Waals surface area contributed by atoms with Crippen molar-refractivity contribution >= 4 is 0 Å². The molecule has 1 aliphatic rings. The maximum atomic E-state index is 6.05. The maximum absolute atomic E-state index is 6.05. The normalized spacial score (nSPS) is 24.2. The summed E-state index contributed by atoms with van der Waals surface area (Å²) in [6.07, 6.45) is 4.04. The first-order chi connectivity index (χ1) is 8.20. The van der Waals surface area contributed by atoms with Crippen LogP contribution >= 0.6 is 0 Å². The van der Waals surface area contributed by atoms with Gasteiger partial charge in [0.15, 0.2) is 0 Å². The van der Waals surface area contributed by atoms with E-state index in [1.54, 1.807) is 0 Å². The van der Waals surface area contributed by atoms with Gasteiger partial charge in [0, 0.05) is 0 Å². The molecule has 1 fully saturated rings. The summed E-state index contributed by atoms with van der Waals surface area (Å²) in [5.74, 6) is 0.570. The molecule has 17 heavy (non-hydrogen) atoms. The summed E-state index contributed by atoms with van der Waals surface area (Å²) < 4.78 is 6.05. The van der Waals surface area contributed by atoms with E-state index in [2.05, 4.69) is 32.0 Å². The minimum atomic E-state index is 0.375. The van der Waals surface area contributed by atoms with Gasteiger partial charge in [0.05, 0.1) is 12.7 Å². The zero-order chi connectivity index (χ0) is 12.3. The van der Waals surface area contributed by atoms with Gasteiger partial charge in [-0.1, -0.05) is 30.2 Å². The molecule has 1 aromatic rings. The van der Waals surface area contributed by atoms with E-state index in [-0.39, 0.29) is 0 Å². The second kappa shape index (κ2) is 5.65. The quantitative estimate of drug-likeness (QED) is 0.867. The third-order valence-corrected chi connectivity index (χ3v) is 3.85. The number of aryl methyl sites for hydroxylation is 2. The molecule has 1 aromatic carbocycles.